The van der Waals surface area contributed by atoms with Crippen molar-refractivity contribution in [1.29, 1.82) is 0 Å². The summed E-state index contributed by atoms with van der Waals surface area (Å²) in [5, 5.41) is 5.84. The molecule has 0 saturated carbocycles. The number of nitrogens with zero attached hydrogens (tertiary/aromatic N) is 2. The normalized spacial score (nSPS) is 15.4. The van der Waals surface area contributed by atoms with Crippen LogP contribution in [-0.4, -0.2) is 84.6 Å². The number of ketones is 1. The maximum absolute atomic E-state index is 13.7. The van der Waals surface area contributed by atoms with Crippen LogP contribution in [0.25, 0.3) is 0 Å². The van der Waals surface area contributed by atoms with Gasteiger partial charge in [0.25, 0.3) is 0 Å². The van der Waals surface area contributed by atoms with E-state index >= 15 is 0 Å². The maximum Gasteiger partial charge on any atom is 0.245 e. The Morgan fingerprint density at radius 3 is 2.30 bits per heavy atom. The monoisotopic (exact) mass is 560 g/mol. The Labute approximate surface area is 238 Å². The number of primary amides is 1. The molecule has 1 aliphatic rings. The van der Waals surface area contributed by atoms with Crippen LogP contribution in [0.3, 0.4) is 0 Å². The fraction of sp³-hybridized carbons (Fsp3) is 0.621. The zero-order valence-electron chi connectivity index (χ0n) is 24.7. The topological polar surface area (TPSA) is 168 Å². The third-order valence-electron chi connectivity index (χ3n) is 7.10. The van der Waals surface area contributed by atoms with E-state index in [0.717, 1.165) is 24.0 Å². The van der Waals surface area contributed by atoms with Crippen molar-refractivity contribution >= 4 is 29.4 Å². The van der Waals surface area contributed by atoms with Crippen LogP contribution in [0.1, 0.15) is 72.1 Å². The predicted octanol–water partition coefficient (Wildman–Crippen LogP) is 1.29. The first-order valence-corrected chi connectivity index (χ1v) is 14.0. The number of rotatable bonds is 18. The molecule has 0 fully saturated rings. The number of nitrogens with one attached hydrogen (secondary N) is 2. The number of Topliss-reactive ketones (excluding diaryl/α,β-unsaturated/α-hetero) is 1. The van der Waals surface area contributed by atoms with E-state index in [1.54, 1.807) is 6.08 Å². The van der Waals surface area contributed by atoms with Crippen LogP contribution in [0.4, 0.5) is 0 Å². The molecule has 0 aromatic carbocycles. The van der Waals surface area contributed by atoms with Crippen molar-refractivity contribution < 1.29 is 24.0 Å². The number of amides is 4. The fourth-order valence-corrected chi connectivity index (χ4v) is 4.46. The van der Waals surface area contributed by atoms with E-state index in [9.17, 15) is 24.0 Å². The smallest absolute Gasteiger partial charge is 0.245 e. The highest BCUT2D eigenvalue weighted by Crippen LogP contribution is 2.20. The minimum Gasteiger partial charge on any atom is -0.368 e. The number of carbonyl (C=O) groups is 5. The lowest BCUT2D eigenvalue weighted by Gasteiger charge is -2.32. The van der Waals surface area contributed by atoms with E-state index < -0.39 is 35.8 Å². The molecular weight excluding hydrogens is 512 g/mol. The number of carbonyl (C=O) groups excluding carboxylic acids is 5. The molecule has 11 nitrogen and oxygen atoms in total. The van der Waals surface area contributed by atoms with Gasteiger partial charge in [0.2, 0.25) is 23.6 Å². The lowest BCUT2D eigenvalue weighted by atomic mass is 9.97. The molecule has 3 unspecified atom stereocenters. The minimum absolute atomic E-state index is 0.00449. The van der Waals surface area contributed by atoms with E-state index in [1.165, 1.54) is 37.7 Å². The third-order valence-corrected chi connectivity index (χ3v) is 7.10. The lowest BCUT2D eigenvalue weighted by Crippen LogP contribution is -2.57. The van der Waals surface area contributed by atoms with Crippen LogP contribution in [0.2, 0.25) is 0 Å². The molecule has 224 valence electrons. The molecule has 6 N–H and O–H groups in total. The highest BCUT2D eigenvalue weighted by molar-refractivity contribution is 5.94. The van der Waals surface area contributed by atoms with Gasteiger partial charge in [-0.1, -0.05) is 36.8 Å². The van der Waals surface area contributed by atoms with Gasteiger partial charge in [0.1, 0.15) is 23.9 Å². The molecule has 0 aromatic heterocycles. The third kappa shape index (κ3) is 11.8. The van der Waals surface area contributed by atoms with Crippen molar-refractivity contribution in [2.45, 2.75) is 90.3 Å². The summed E-state index contributed by atoms with van der Waals surface area (Å²) in [4.78, 5) is 66.1. The quantitative estimate of drug-likeness (QED) is 0.111. The summed E-state index contributed by atoms with van der Waals surface area (Å²) < 4.78 is 0. The average molecular weight is 561 g/mol. The minimum atomic E-state index is -0.955. The molecule has 0 saturated heterocycles. The van der Waals surface area contributed by atoms with Gasteiger partial charge in [-0.05, 0) is 57.6 Å². The standard InChI is InChI=1S/C29H48N6O5/c1-6-22(15-14-20(2)36)17-26(34(4)21(3)37)28(39)33-24(13-10-16-32-19-30)29(40)35(5)25(27(31)38)18-23-11-8-7-9-12-23/h8,11-12,15,24-26,32H,6-7,9-10,13-14,16-19,30H2,1-5H3,(H2,31,38)(H,33,39)/b22-15+. The second-order valence-electron chi connectivity index (χ2n) is 10.2. The highest BCUT2D eigenvalue weighted by atomic mass is 16.2. The van der Waals surface area contributed by atoms with E-state index in [2.05, 4.69) is 10.6 Å². The van der Waals surface area contributed by atoms with Crippen molar-refractivity contribution in [3.8, 4) is 0 Å². The van der Waals surface area contributed by atoms with Gasteiger partial charge in [-0.25, -0.2) is 0 Å². The Kier molecular flexibility index (Phi) is 15.7. The number of nitrogens with two attached hydrogens (primary N) is 2. The van der Waals surface area contributed by atoms with Crippen molar-refractivity contribution in [2.24, 2.45) is 11.5 Å². The highest BCUT2D eigenvalue weighted by Gasteiger charge is 2.34. The Morgan fingerprint density at radius 1 is 1.07 bits per heavy atom. The van der Waals surface area contributed by atoms with Gasteiger partial charge >= 0.3 is 0 Å². The molecule has 0 radical (unpaired) electrons. The van der Waals surface area contributed by atoms with Crippen molar-refractivity contribution in [3.05, 3.63) is 35.5 Å². The number of likely N-dealkylation sites (N-methyl/N-ethyl adjacent to an activating group) is 2. The van der Waals surface area contributed by atoms with Gasteiger partial charge in [-0.15, -0.1) is 0 Å². The summed E-state index contributed by atoms with van der Waals surface area (Å²) in [6.07, 6.45) is 11.7. The van der Waals surface area contributed by atoms with Gasteiger partial charge in [0.05, 0.1) is 0 Å². The summed E-state index contributed by atoms with van der Waals surface area (Å²) >= 11 is 0. The van der Waals surface area contributed by atoms with Crippen LogP contribution in [0.5, 0.6) is 0 Å². The fourth-order valence-electron chi connectivity index (χ4n) is 4.46. The van der Waals surface area contributed by atoms with Crippen LogP contribution in [0, 0.1) is 0 Å². The van der Waals surface area contributed by atoms with Crippen LogP contribution in [-0.2, 0) is 24.0 Å². The van der Waals surface area contributed by atoms with Crippen LogP contribution in [0.15, 0.2) is 35.5 Å². The second kappa shape index (κ2) is 18.1. The summed E-state index contributed by atoms with van der Waals surface area (Å²) in [6, 6.07) is -2.73. The lowest BCUT2D eigenvalue weighted by molar-refractivity contribution is -0.143. The SMILES string of the molecule is CC/C(=C\CC(C)=O)CC(C(=O)NC(CCCNCN)C(=O)N(C)C(CC1=CCCC=C1)C(N)=O)N(C)C(C)=O. The van der Waals surface area contributed by atoms with Gasteiger partial charge in [0.15, 0.2) is 0 Å². The summed E-state index contributed by atoms with van der Waals surface area (Å²) in [5.74, 6) is -1.89. The molecule has 3 atom stereocenters. The predicted molar refractivity (Wildman–Crippen MR) is 156 cm³/mol. The van der Waals surface area contributed by atoms with Gasteiger partial charge in [-0.2, -0.15) is 0 Å². The number of hydrogen-bond donors (Lipinski definition) is 4. The summed E-state index contributed by atoms with van der Waals surface area (Å²) in [7, 11) is 3.05. The Bertz CT molecular complexity index is 989. The maximum atomic E-state index is 13.7. The number of hydrogen-bond acceptors (Lipinski definition) is 7. The van der Waals surface area contributed by atoms with E-state index in [4.69, 9.17) is 11.5 Å². The van der Waals surface area contributed by atoms with Crippen molar-refractivity contribution in [1.82, 2.24) is 20.4 Å². The van der Waals surface area contributed by atoms with Gasteiger partial charge in [0, 0.05) is 40.5 Å². The first-order valence-electron chi connectivity index (χ1n) is 14.0. The number of allylic oxidation sites excluding steroid dienone is 4. The van der Waals surface area contributed by atoms with Gasteiger partial charge in [-0.3, -0.25) is 24.0 Å². The molecule has 40 heavy (non-hydrogen) atoms. The molecule has 11 heteroatoms. The van der Waals surface area contributed by atoms with E-state index in [-0.39, 0.29) is 44.0 Å². The Hall–Kier alpha value is -3.31. The van der Waals surface area contributed by atoms with Crippen molar-refractivity contribution in [2.75, 3.05) is 27.3 Å². The van der Waals surface area contributed by atoms with Gasteiger partial charge < -0.3 is 31.9 Å². The molecule has 0 aromatic rings. The molecule has 0 spiro atoms. The first kappa shape index (κ1) is 34.7. The van der Waals surface area contributed by atoms with E-state index in [1.807, 2.05) is 25.2 Å². The molecule has 4 amide bonds. The van der Waals surface area contributed by atoms with Crippen molar-refractivity contribution in [3.63, 3.8) is 0 Å². The Balaban J connectivity index is 3.23. The molecule has 0 aliphatic heterocycles. The molecule has 1 rings (SSSR count). The zero-order chi connectivity index (χ0) is 30.2. The molecular formula is C29H48N6O5. The summed E-state index contributed by atoms with van der Waals surface area (Å²) in [5.41, 5.74) is 13.0. The average Bonchev–Trinajstić information content (AvgIpc) is 2.92. The second-order valence-corrected chi connectivity index (χ2v) is 10.2. The van der Waals surface area contributed by atoms with Crippen LogP contribution < -0.4 is 22.1 Å². The Morgan fingerprint density at radius 2 is 1.77 bits per heavy atom. The molecule has 0 heterocycles. The zero-order valence-corrected chi connectivity index (χ0v) is 24.7. The largest absolute Gasteiger partial charge is 0.368 e. The summed E-state index contributed by atoms with van der Waals surface area (Å²) in [6.45, 7) is 5.58. The van der Waals surface area contributed by atoms with E-state index in [0.29, 0.717) is 19.4 Å². The molecule has 0 bridgehead atoms. The first-order chi connectivity index (χ1) is 18.9. The van der Waals surface area contributed by atoms with Crippen LogP contribution >= 0.6 is 0 Å². The molecule has 1 aliphatic carbocycles.